The molecule has 6 nitrogen and oxygen atoms in total. The molecule has 1 atom stereocenters. The molecule has 0 bridgehead atoms. The Morgan fingerprint density at radius 2 is 2.42 bits per heavy atom. The molecule has 1 fully saturated rings. The van der Waals surface area contributed by atoms with Crippen molar-refractivity contribution in [3.8, 4) is 5.75 Å². The second-order valence-electron chi connectivity index (χ2n) is 3.94. The number of aromatic nitrogens is 1. The summed E-state index contributed by atoms with van der Waals surface area (Å²) < 4.78 is 19.3. The smallest absolute Gasteiger partial charge is 0.368 e. The van der Waals surface area contributed by atoms with Gasteiger partial charge in [-0.1, -0.05) is 0 Å². The Labute approximate surface area is 128 Å². The van der Waals surface area contributed by atoms with Crippen LogP contribution in [0.3, 0.4) is 0 Å². The summed E-state index contributed by atoms with van der Waals surface area (Å²) in [6.07, 6.45) is 2.06. The highest BCUT2D eigenvalue weighted by Gasteiger charge is 2.22. The van der Waals surface area contributed by atoms with E-state index in [1.807, 2.05) is 0 Å². The Morgan fingerprint density at radius 1 is 1.68 bits per heavy atom. The van der Waals surface area contributed by atoms with Crippen molar-refractivity contribution in [2.75, 3.05) is 13.2 Å². The molecular weight excluding hydrogens is 391 g/mol. The second-order valence-corrected chi connectivity index (χ2v) is 5.11. The molecule has 1 unspecified atom stereocenters. The van der Waals surface area contributed by atoms with Crippen molar-refractivity contribution in [2.45, 2.75) is 18.9 Å². The third kappa shape index (κ3) is 4.11. The van der Waals surface area contributed by atoms with Crippen LogP contribution in [-0.2, 0) is 0 Å². The van der Waals surface area contributed by atoms with E-state index in [9.17, 15) is 14.5 Å². The number of nitrogens with zero attached hydrogens (tertiary/aromatic N) is 2. The molecule has 106 valence electrons. The summed E-state index contributed by atoms with van der Waals surface area (Å²) in [6, 6.07) is 1.40. The van der Waals surface area contributed by atoms with E-state index >= 15 is 0 Å². The maximum atomic E-state index is 13.6. The minimum Gasteiger partial charge on any atom is -0.484 e. The van der Waals surface area contributed by atoms with Crippen LogP contribution in [0.2, 0.25) is 0 Å². The van der Waals surface area contributed by atoms with Gasteiger partial charge in [0.1, 0.15) is 6.61 Å². The molecule has 1 saturated heterocycles. The predicted octanol–water partition coefficient (Wildman–Crippen LogP) is 2.29. The molecule has 19 heavy (non-hydrogen) atoms. The maximum absolute atomic E-state index is 13.6. The second kappa shape index (κ2) is 7.15. The summed E-state index contributed by atoms with van der Waals surface area (Å²) in [5, 5.41) is 13.7. The SMILES string of the molecule is Cl.O=[N+]([O-])c1cc(I)c(OCC2CCCN2)c(F)n1. The van der Waals surface area contributed by atoms with Gasteiger partial charge in [-0.3, -0.25) is 0 Å². The van der Waals surface area contributed by atoms with E-state index in [2.05, 4.69) is 10.3 Å². The van der Waals surface area contributed by atoms with Crippen molar-refractivity contribution < 1.29 is 14.1 Å². The van der Waals surface area contributed by atoms with Crippen molar-refractivity contribution in [1.82, 2.24) is 10.3 Å². The molecule has 0 radical (unpaired) electrons. The van der Waals surface area contributed by atoms with Crippen molar-refractivity contribution in [3.63, 3.8) is 0 Å². The van der Waals surface area contributed by atoms with Gasteiger partial charge in [-0.25, -0.2) is 0 Å². The summed E-state index contributed by atoms with van der Waals surface area (Å²) in [6.45, 7) is 1.28. The lowest BCUT2D eigenvalue weighted by Gasteiger charge is -2.12. The number of hydrogen-bond acceptors (Lipinski definition) is 5. The van der Waals surface area contributed by atoms with Crippen LogP contribution in [0.15, 0.2) is 6.07 Å². The lowest BCUT2D eigenvalue weighted by molar-refractivity contribution is -0.390. The van der Waals surface area contributed by atoms with Gasteiger partial charge >= 0.3 is 11.8 Å². The van der Waals surface area contributed by atoms with Crippen LogP contribution in [0.25, 0.3) is 0 Å². The van der Waals surface area contributed by atoms with Crippen molar-refractivity contribution in [3.05, 3.63) is 25.7 Å². The van der Waals surface area contributed by atoms with Crippen LogP contribution in [0, 0.1) is 19.6 Å². The molecule has 0 amide bonds. The predicted molar refractivity (Wildman–Crippen MR) is 77.3 cm³/mol. The van der Waals surface area contributed by atoms with Gasteiger partial charge in [0.05, 0.1) is 9.64 Å². The van der Waals surface area contributed by atoms with E-state index in [1.54, 1.807) is 22.6 Å². The minimum absolute atomic E-state index is 0. The maximum Gasteiger partial charge on any atom is 0.368 e. The van der Waals surface area contributed by atoms with Gasteiger partial charge in [-0.05, 0) is 51.9 Å². The summed E-state index contributed by atoms with van der Waals surface area (Å²) in [7, 11) is 0. The standard InChI is InChI=1S/C10H11FIN3O3.ClH/c11-10-9(18-5-6-2-1-3-13-6)7(12)4-8(14-10)15(16)17;/h4,6,13H,1-3,5H2;1H. The molecule has 1 aliphatic rings. The number of nitro groups is 1. The topological polar surface area (TPSA) is 77.3 Å². The molecule has 9 heteroatoms. The van der Waals surface area contributed by atoms with E-state index in [-0.39, 0.29) is 24.2 Å². The van der Waals surface area contributed by atoms with E-state index in [4.69, 9.17) is 4.74 Å². The quantitative estimate of drug-likeness (QED) is 0.361. The first-order valence-electron chi connectivity index (χ1n) is 5.44. The normalized spacial score (nSPS) is 17.9. The van der Waals surface area contributed by atoms with Gasteiger partial charge in [0.25, 0.3) is 0 Å². The zero-order chi connectivity index (χ0) is 13.1. The Balaban J connectivity index is 0.00000180. The summed E-state index contributed by atoms with van der Waals surface area (Å²) in [4.78, 5) is 13.0. The summed E-state index contributed by atoms with van der Waals surface area (Å²) >= 11 is 1.80. The minimum atomic E-state index is -0.938. The molecule has 1 aromatic heterocycles. The Morgan fingerprint density at radius 3 is 2.95 bits per heavy atom. The lowest BCUT2D eigenvalue weighted by Crippen LogP contribution is -2.28. The highest BCUT2D eigenvalue weighted by atomic mass is 127. The molecule has 2 heterocycles. The number of pyridine rings is 1. The molecule has 0 spiro atoms. The van der Waals surface area contributed by atoms with Gasteiger partial charge in [0.15, 0.2) is 0 Å². The molecule has 1 aliphatic heterocycles. The summed E-state index contributed by atoms with van der Waals surface area (Å²) in [5.41, 5.74) is 0. The average molecular weight is 404 g/mol. The van der Waals surface area contributed by atoms with Gasteiger partial charge in [0.2, 0.25) is 5.75 Å². The van der Waals surface area contributed by atoms with E-state index < -0.39 is 16.7 Å². The summed E-state index contributed by atoms with van der Waals surface area (Å²) in [5.74, 6) is -1.47. The fourth-order valence-electron chi connectivity index (χ4n) is 1.77. The van der Waals surface area contributed by atoms with E-state index in [0.717, 1.165) is 19.4 Å². The van der Waals surface area contributed by atoms with Crippen LogP contribution < -0.4 is 10.1 Å². The lowest BCUT2D eigenvalue weighted by atomic mass is 10.2. The average Bonchev–Trinajstić information content (AvgIpc) is 2.80. The number of rotatable bonds is 4. The van der Waals surface area contributed by atoms with E-state index in [0.29, 0.717) is 10.2 Å². The molecule has 1 N–H and O–H groups in total. The van der Waals surface area contributed by atoms with Crippen molar-refractivity contribution in [2.24, 2.45) is 0 Å². The van der Waals surface area contributed by atoms with Crippen LogP contribution >= 0.6 is 35.0 Å². The fourth-order valence-corrected chi connectivity index (χ4v) is 2.42. The first kappa shape index (κ1) is 16.3. The zero-order valence-electron chi connectivity index (χ0n) is 9.77. The molecule has 0 aromatic carbocycles. The highest BCUT2D eigenvalue weighted by Crippen LogP contribution is 2.27. The van der Waals surface area contributed by atoms with Gasteiger partial charge < -0.3 is 20.2 Å². The van der Waals surface area contributed by atoms with E-state index in [1.165, 1.54) is 6.07 Å². The Kier molecular flexibility index (Phi) is 6.14. The first-order chi connectivity index (χ1) is 8.58. The monoisotopic (exact) mass is 403 g/mol. The van der Waals surface area contributed by atoms with Crippen LogP contribution in [0.1, 0.15) is 12.8 Å². The van der Waals surface area contributed by atoms with Crippen molar-refractivity contribution >= 4 is 40.8 Å². The molecule has 1 aromatic rings. The Bertz CT molecular complexity index is 448. The number of hydrogen-bond donors (Lipinski definition) is 1. The largest absolute Gasteiger partial charge is 0.484 e. The van der Waals surface area contributed by atoms with Gasteiger partial charge in [0, 0.05) is 6.04 Å². The van der Waals surface area contributed by atoms with Crippen LogP contribution in [0.5, 0.6) is 5.75 Å². The third-order valence-corrected chi connectivity index (χ3v) is 3.45. The molecule has 2 rings (SSSR count). The van der Waals surface area contributed by atoms with Gasteiger partial charge in [-0.15, -0.1) is 12.4 Å². The number of halogens is 3. The number of ether oxygens (including phenoxy) is 1. The van der Waals surface area contributed by atoms with Crippen LogP contribution in [-0.4, -0.2) is 29.1 Å². The number of nitrogens with one attached hydrogen (secondary N) is 1. The van der Waals surface area contributed by atoms with Crippen molar-refractivity contribution in [1.29, 1.82) is 0 Å². The first-order valence-corrected chi connectivity index (χ1v) is 6.52. The van der Waals surface area contributed by atoms with Crippen LogP contribution in [0.4, 0.5) is 10.2 Å². The molecule has 0 saturated carbocycles. The molecule has 0 aliphatic carbocycles. The highest BCUT2D eigenvalue weighted by molar-refractivity contribution is 14.1. The zero-order valence-corrected chi connectivity index (χ0v) is 12.7. The fraction of sp³-hybridized carbons (Fsp3) is 0.500. The Hall–Kier alpha value is -0.740. The van der Waals surface area contributed by atoms with Gasteiger partial charge in [-0.2, -0.15) is 4.39 Å². The molecular formula is C10H12ClFIN3O3. The third-order valence-electron chi connectivity index (χ3n) is 2.65.